The van der Waals surface area contributed by atoms with Crippen molar-refractivity contribution in [1.29, 1.82) is 0 Å². The summed E-state index contributed by atoms with van der Waals surface area (Å²) < 4.78 is 10.5. The van der Waals surface area contributed by atoms with Gasteiger partial charge in [-0.3, -0.25) is 9.78 Å². The Balaban J connectivity index is 1.62. The van der Waals surface area contributed by atoms with Gasteiger partial charge in [-0.15, -0.1) is 0 Å². The summed E-state index contributed by atoms with van der Waals surface area (Å²) in [4.78, 5) is 21.8. The molecule has 1 amide bonds. The molecule has 2 aromatic heterocycles. The number of amides is 1. The van der Waals surface area contributed by atoms with E-state index in [4.69, 9.17) is 9.47 Å². The van der Waals surface area contributed by atoms with Gasteiger partial charge < -0.3 is 9.47 Å². The van der Waals surface area contributed by atoms with Crippen LogP contribution in [0.25, 0.3) is 22.2 Å². The van der Waals surface area contributed by atoms with Gasteiger partial charge in [0.15, 0.2) is 11.5 Å². The summed E-state index contributed by atoms with van der Waals surface area (Å²) in [5.41, 5.74) is 6.06. The van der Waals surface area contributed by atoms with Gasteiger partial charge in [0.25, 0.3) is 5.91 Å². The molecule has 7 heteroatoms. The lowest BCUT2D eigenvalue weighted by Crippen LogP contribution is -2.18. The zero-order chi connectivity index (χ0) is 21.6. The molecule has 0 atom stereocenters. The number of benzene rings is 2. The molecule has 31 heavy (non-hydrogen) atoms. The van der Waals surface area contributed by atoms with Crippen LogP contribution in [-0.2, 0) is 0 Å². The van der Waals surface area contributed by atoms with Crippen LogP contribution in [0.2, 0.25) is 0 Å². The molecule has 2 aromatic carbocycles. The van der Waals surface area contributed by atoms with E-state index in [1.807, 2.05) is 42.5 Å². The van der Waals surface area contributed by atoms with E-state index in [0.717, 1.165) is 22.0 Å². The number of carbonyl (C=O) groups excluding carboxylic acids is 1. The Hall–Kier alpha value is -4.26. The van der Waals surface area contributed by atoms with Gasteiger partial charge in [-0.1, -0.05) is 18.2 Å². The summed E-state index contributed by atoms with van der Waals surface area (Å²) in [6.45, 7) is 0. The molecule has 7 nitrogen and oxygen atoms in total. The third-order valence-corrected chi connectivity index (χ3v) is 4.71. The molecular formula is C24H20N4O3. The van der Waals surface area contributed by atoms with E-state index in [-0.39, 0.29) is 5.91 Å². The van der Waals surface area contributed by atoms with Crippen LogP contribution < -0.4 is 14.9 Å². The average Bonchev–Trinajstić information content (AvgIpc) is 2.83. The molecule has 0 aliphatic heterocycles. The Morgan fingerprint density at radius 3 is 2.61 bits per heavy atom. The van der Waals surface area contributed by atoms with Gasteiger partial charge in [0.05, 0.1) is 37.2 Å². The van der Waals surface area contributed by atoms with E-state index in [9.17, 15) is 4.79 Å². The smallest absolute Gasteiger partial charge is 0.272 e. The molecule has 1 N–H and O–H groups in total. The van der Waals surface area contributed by atoms with E-state index in [1.54, 1.807) is 51.0 Å². The molecule has 0 unspecified atom stereocenters. The number of methoxy groups -OCH3 is 2. The number of ether oxygens (including phenoxy) is 2. The quantitative estimate of drug-likeness (QED) is 0.381. The molecular weight excluding hydrogens is 392 g/mol. The highest BCUT2D eigenvalue weighted by atomic mass is 16.5. The maximum atomic E-state index is 12.9. The molecule has 0 aliphatic carbocycles. The van der Waals surface area contributed by atoms with Crippen LogP contribution in [-0.4, -0.2) is 36.3 Å². The van der Waals surface area contributed by atoms with Crippen LogP contribution in [0.4, 0.5) is 0 Å². The number of fused-ring (bicyclic) bond motifs is 1. The number of hydrogen-bond donors (Lipinski definition) is 1. The first-order valence-corrected chi connectivity index (χ1v) is 9.55. The van der Waals surface area contributed by atoms with Gasteiger partial charge in [-0.05, 0) is 48.0 Å². The Morgan fingerprint density at radius 2 is 1.84 bits per heavy atom. The zero-order valence-corrected chi connectivity index (χ0v) is 17.1. The number of nitrogens with one attached hydrogen (secondary N) is 1. The second-order valence-electron chi connectivity index (χ2n) is 6.63. The standard InChI is InChI=1S/C24H20N4O3/c1-30-22-10-9-16(12-23(22)31-2)14-26-28-24(29)19-13-21(17-6-5-11-25-15-17)27-20-8-4-3-7-18(19)20/h3-15H,1-2H3,(H,28,29)/b26-14-. The number of para-hydroxylation sites is 1. The highest BCUT2D eigenvalue weighted by Crippen LogP contribution is 2.27. The van der Waals surface area contributed by atoms with Crippen LogP contribution in [0.3, 0.4) is 0 Å². The first-order valence-electron chi connectivity index (χ1n) is 9.55. The zero-order valence-electron chi connectivity index (χ0n) is 17.1. The van der Waals surface area contributed by atoms with Gasteiger partial charge >= 0.3 is 0 Å². The molecule has 4 rings (SSSR count). The lowest BCUT2D eigenvalue weighted by Gasteiger charge is -2.09. The Morgan fingerprint density at radius 1 is 1.00 bits per heavy atom. The van der Waals surface area contributed by atoms with Crippen molar-refractivity contribution in [3.05, 3.63) is 84.2 Å². The third kappa shape index (κ3) is 4.35. The Bertz CT molecular complexity index is 1260. The van der Waals surface area contributed by atoms with Crippen molar-refractivity contribution in [3.8, 4) is 22.8 Å². The summed E-state index contributed by atoms with van der Waals surface area (Å²) >= 11 is 0. The molecule has 4 aromatic rings. The third-order valence-electron chi connectivity index (χ3n) is 4.71. The predicted octanol–water partition coefficient (Wildman–Crippen LogP) is 4.08. The maximum absolute atomic E-state index is 12.9. The SMILES string of the molecule is COc1ccc(/C=N\NC(=O)c2cc(-c3cccnc3)nc3ccccc23)cc1OC. The first-order chi connectivity index (χ1) is 15.2. The highest BCUT2D eigenvalue weighted by Gasteiger charge is 2.13. The second kappa shape index (κ2) is 9.04. The molecule has 0 saturated carbocycles. The molecule has 2 heterocycles. The van der Waals surface area contributed by atoms with Crippen molar-refractivity contribution < 1.29 is 14.3 Å². The molecule has 0 radical (unpaired) electrons. The Labute approximate surface area is 179 Å². The minimum absolute atomic E-state index is 0.333. The first kappa shape index (κ1) is 20.0. The maximum Gasteiger partial charge on any atom is 0.272 e. The van der Waals surface area contributed by atoms with Crippen molar-refractivity contribution >= 4 is 23.0 Å². The number of hydrazone groups is 1. The van der Waals surface area contributed by atoms with Crippen molar-refractivity contribution in [3.63, 3.8) is 0 Å². The summed E-state index contributed by atoms with van der Waals surface area (Å²) in [6.07, 6.45) is 4.96. The minimum Gasteiger partial charge on any atom is -0.493 e. The highest BCUT2D eigenvalue weighted by molar-refractivity contribution is 6.07. The van der Waals surface area contributed by atoms with Crippen LogP contribution in [0, 0.1) is 0 Å². The van der Waals surface area contributed by atoms with Gasteiger partial charge in [0.2, 0.25) is 0 Å². The van der Waals surface area contributed by atoms with Gasteiger partial charge in [-0.25, -0.2) is 10.4 Å². The van der Waals surface area contributed by atoms with Crippen molar-refractivity contribution in [2.75, 3.05) is 14.2 Å². The average molecular weight is 412 g/mol. The molecule has 0 saturated heterocycles. The Kier molecular flexibility index (Phi) is 5.84. The van der Waals surface area contributed by atoms with Crippen LogP contribution in [0.5, 0.6) is 11.5 Å². The van der Waals surface area contributed by atoms with E-state index in [1.165, 1.54) is 0 Å². The van der Waals surface area contributed by atoms with Crippen LogP contribution in [0.15, 0.2) is 78.2 Å². The summed E-state index contributed by atoms with van der Waals surface area (Å²) in [6, 6.07) is 18.4. The summed E-state index contributed by atoms with van der Waals surface area (Å²) in [7, 11) is 3.14. The molecule has 0 fully saturated rings. The fourth-order valence-corrected chi connectivity index (χ4v) is 3.18. The lowest BCUT2D eigenvalue weighted by atomic mass is 10.0. The number of carbonyl (C=O) groups is 1. The summed E-state index contributed by atoms with van der Waals surface area (Å²) in [5.74, 6) is 0.870. The van der Waals surface area contributed by atoms with E-state index >= 15 is 0 Å². The van der Waals surface area contributed by atoms with Gasteiger partial charge in [0, 0.05) is 23.3 Å². The number of pyridine rings is 2. The topological polar surface area (TPSA) is 85.7 Å². The number of nitrogens with zero attached hydrogens (tertiary/aromatic N) is 3. The van der Waals surface area contributed by atoms with Crippen molar-refractivity contribution in [2.24, 2.45) is 5.10 Å². The molecule has 0 aliphatic rings. The van der Waals surface area contributed by atoms with Crippen LogP contribution >= 0.6 is 0 Å². The molecule has 0 spiro atoms. The number of aromatic nitrogens is 2. The van der Waals surface area contributed by atoms with Crippen LogP contribution in [0.1, 0.15) is 15.9 Å². The second-order valence-corrected chi connectivity index (χ2v) is 6.63. The minimum atomic E-state index is -0.333. The molecule has 0 bridgehead atoms. The monoisotopic (exact) mass is 412 g/mol. The van der Waals surface area contributed by atoms with E-state index < -0.39 is 0 Å². The largest absolute Gasteiger partial charge is 0.493 e. The van der Waals surface area contributed by atoms with Crippen molar-refractivity contribution in [1.82, 2.24) is 15.4 Å². The number of rotatable bonds is 6. The molecule has 154 valence electrons. The fourth-order valence-electron chi connectivity index (χ4n) is 3.18. The fraction of sp³-hybridized carbons (Fsp3) is 0.0833. The van der Waals surface area contributed by atoms with Crippen molar-refractivity contribution in [2.45, 2.75) is 0 Å². The normalized spacial score (nSPS) is 10.9. The van der Waals surface area contributed by atoms with Gasteiger partial charge in [0.1, 0.15) is 0 Å². The number of hydrogen-bond acceptors (Lipinski definition) is 6. The summed E-state index contributed by atoms with van der Waals surface area (Å²) in [5, 5.41) is 4.85. The van der Waals surface area contributed by atoms with Gasteiger partial charge in [-0.2, -0.15) is 5.10 Å². The van der Waals surface area contributed by atoms with E-state index in [0.29, 0.717) is 22.8 Å². The predicted molar refractivity (Wildman–Crippen MR) is 120 cm³/mol. The van der Waals surface area contributed by atoms with E-state index in [2.05, 4.69) is 20.5 Å². The lowest BCUT2D eigenvalue weighted by molar-refractivity contribution is 0.0956.